The van der Waals surface area contributed by atoms with Crippen LogP contribution in [0.5, 0.6) is 11.5 Å². The lowest BCUT2D eigenvalue weighted by molar-refractivity contribution is 0.326. The van der Waals surface area contributed by atoms with E-state index < -0.39 is 0 Å². The van der Waals surface area contributed by atoms with Crippen molar-refractivity contribution in [1.82, 2.24) is 0 Å². The second-order valence-corrected chi connectivity index (χ2v) is 3.69. The fourth-order valence-electron chi connectivity index (χ4n) is 0.836. The van der Waals surface area contributed by atoms with Gasteiger partial charge in [0, 0.05) is 0 Å². The van der Waals surface area contributed by atoms with Gasteiger partial charge in [0.2, 0.25) is 0 Å². The molecule has 1 rings (SSSR count). The number of para-hydroxylation sites is 1. The van der Waals surface area contributed by atoms with Crippen LogP contribution in [0.1, 0.15) is 6.92 Å². The molecule has 0 spiro atoms. The minimum Gasteiger partial charge on any atom is -0.504 e. The van der Waals surface area contributed by atoms with Gasteiger partial charge in [0.05, 0.1) is 4.47 Å². The van der Waals surface area contributed by atoms with E-state index in [0.717, 1.165) is 10.0 Å². The minimum absolute atomic E-state index is 0.135. The van der Waals surface area contributed by atoms with E-state index in [-0.39, 0.29) is 5.75 Å². The maximum absolute atomic E-state index is 9.42. The Bertz CT molecular complexity index is 300. The molecule has 70 valence electrons. The van der Waals surface area contributed by atoms with Crippen molar-refractivity contribution in [3.8, 4) is 11.5 Å². The molecule has 0 unspecified atom stereocenters. The number of rotatable bonds is 3. The number of halogens is 1. The molecule has 0 amide bonds. The van der Waals surface area contributed by atoms with E-state index in [1.807, 2.05) is 13.0 Å². The van der Waals surface area contributed by atoms with E-state index in [4.69, 9.17) is 4.74 Å². The molecular weight excluding hydrogens is 232 g/mol. The van der Waals surface area contributed by atoms with E-state index in [1.165, 1.54) is 0 Å². The van der Waals surface area contributed by atoms with Gasteiger partial charge in [-0.3, -0.25) is 0 Å². The smallest absolute Gasteiger partial charge is 0.175 e. The van der Waals surface area contributed by atoms with Crippen LogP contribution in [0.4, 0.5) is 0 Å². The average molecular weight is 243 g/mol. The molecule has 0 aromatic heterocycles. The van der Waals surface area contributed by atoms with E-state index >= 15 is 0 Å². The van der Waals surface area contributed by atoms with Gasteiger partial charge in [-0.05, 0) is 40.6 Å². The number of phenolic OH excluding ortho intramolecular Hbond substituents is 1. The molecule has 3 heteroatoms. The molecule has 0 aliphatic carbocycles. The third-order valence-electron chi connectivity index (χ3n) is 1.41. The summed E-state index contributed by atoms with van der Waals surface area (Å²) in [5.74, 6) is 0.598. The van der Waals surface area contributed by atoms with Crippen molar-refractivity contribution in [3.05, 3.63) is 34.8 Å². The van der Waals surface area contributed by atoms with E-state index in [2.05, 4.69) is 22.5 Å². The predicted molar refractivity (Wildman–Crippen MR) is 56.1 cm³/mol. The molecule has 1 N–H and O–H groups in total. The normalized spacial score (nSPS) is 9.69. The number of phenols is 1. The summed E-state index contributed by atoms with van der Waals surface area (Å²) in [4.78, 5) is 0. The Hall–Kier alpha value is -0.960. The molecule has 0 saturated carbocycles. The summed E-state index contributed by atoms with van der Waals surface area (Å²) >= 11 is 3.28. The van der Waals surface area contributed by atoms with E-state index in [0.29, 0.717) is 12.4 Å². The molecule has 0 bridgehead atoms. The van der Waals surface area contributed by atoms with Crippen LogP contribution in [0, 0.1) is 0 Å². The van der Waals surface area contributed by atoms with Gasteiger partial charge in [0.25, 0.3) is 0 Å². The first-order valence-corrected chi connectivity index (χ1v) is 4.65. The number of ether oxygens (including phenoxy) is 1. The van der Waals surface area contributed by atoms with Gasteiger partial charge in [-0.2, -0.15) is 0 Å². The summed E-state index contributed by atoms with van der Waals surface area (Å²) in [6.45, 7) is 5.99. The zero-order valence-electron chi connectivity index (χ0n) is 7.38. The van der Waals surface area contributed by atoms with Crippen LogP contribution < -0.4 is 4.74 Å². The maximum Gasteiger partial charge on any atom is 0.175 e. The predicted octanol–water partition coefficient (Wildman–Crippen LogP) is 3.11. The molecule has 1 aromatic rings. The van der Waals surface area contributed by atoms with Crippen LogP contribution in [0.3, 0.4) is 0 Å². The highest BCUT2D eigenvalue weighted by atomic mass is 79.9. The summed E-state index contributed by atoms with van der Waals surface area (Å²) in [7, 11) is 0. The standard InChI is InChI=1S/C10H11BrO2/c1-7(2)6-13-10-8(11)4-3-5-9(10)12/h3-5,12H,1,6H2,2H3. The molecular formula is C10H11BrO2. The Balaban J connectivity index is 2.81. The topological polar surface area (TPSA) is 29.5 Å². The SMILES string of the molecule is C=C(C)COc1c(O)cccc1Br. The monoisotopic (exact) mass is 242 g/mol. The second-order valence-electron chi connectivity index (χ2n) is 2.83. The van der Waals surface area contributed by atoms with Crippen molar-refractivity contribution in [1.29, 1.82) is 0 Å². The van der Waals surface area contributed by atoms with Gasteiger partial charge in [0.1, 0.15) is 6.61 Å². The van der Waals surface area contributed by atoms with Crippen molar-refractivity contribution in [2.45, 2.75) is 6.92 Å². The largest absolute Gasteiger partial charge is 0.504 e. The Morgan fingerprint density at radius 1 is 1.62 bits per heavy atom. The van der Waals surface area contributed by atoms with Gasteiger partial charge in [-0.15, -0.1) is 0 Å². The average Bonchev–Trinajstić information content (AvgIpc) is 2.03. The van der Waals surface area contributed by atoms with Crippen molar-refractivity contribution in [2.24, 2.45) is 0 Å². The molecule has 2 nitrogen and oxygen atoms in total. The third-order valence-corrected chi connectivity index (χ3v) is 2.03. The van der Waals surface area contributed by atoms with Gasteiger partial charge >= 0.3 is 0 Å². The zero-order valence-corrected chi connectivity index (χ0v) is 8.97. The highest BCUT2D eigenvalue weighted by molar-refractivity contribution is 9.10. The van der Waals surface area contributed by atoms with E-state index in [1.54, 1.807) is 12.1 Å². The van der Waals surface area contributed by atoms with Crippen LogP contribution in [0.2, 0.25) is 0 Å². The highest BCUT2D eigenvalue weighted by Gasteiger charge is 2.05. The summed E-state index contributed by atoms with van der Waals surface area (Å²) in [5, 5.41) is 9.42. The van der Waals surface area contributed by atoms with Gasteiger partial charge in [-0.25, -0.2) is 0 Å². The molecule has 0 heterocycles. The number of benzene rings is 1. The van der Waals surface area contributed by atoms with E-state index in [9.17, 15) is 5.11 Å². The first-order valence-electron chi connectivity index (χ1n) is 3.86. The third kappa shape index (κ3) is 2.77. The first kappa shape index (κ1) is 10.1. The molecule has 1 aromatic carbocycles. The summed E-state index contributed by atoms with van der Waals surface area (Å²) in [6, 6.07) is 5.14. The quantitative estimate of drug-likeness (QED) is 0.826. The van der Waals surface area contributed by atoms with Gasteiger partial charge in [0.15, 0.2) is 11.5 Å². The number of aromatic hydroxyl groups is 1. The second kappa shape index (κ2) is 4.33. The maximum atomic E-state index is 9.42. The first-order chi connectivity index (χ1) is 6.11. The molecule has 0 atom stereocenters. The van der Waals surface area contributed by atoms with Crippen LogP contribution >= 0.6 is 15.9 Å². The lowest BCUT2D eigenvalue weighted by Gasteiger charge is -2.08. The number of hydrogen-bond acceptors (Lipinski definition) is 2. The van der Waals surface area contributed by atoms with Crippen LogP contribution in [0.25, 0.3) is 0 Å². The van der Waals surface area contributed by atoms with Crippen LogP contribution in [0.15, 0.2) is 34.8 Å². The Morgan fingerprint density at radius 2 is 2.31 bits per heavy atom. The van der Waals surface area contributed by atoms with Crippen molar-refractivity contribution in [2.75, 3.05) is 6.61 Å². The fraction of sp³-hybridized carbons (Fsp3) is 0.200. The molecule has 0 aliphatic rings. The Kier molecular flexibility index (Phi) is 3.37. The van der Waals surface area contributed by atoms with Crippen molar-refractivity contribution in [3.63, 3.8) is 0 Å². The summed E-state index contributed by atoms with van der Waals surface area (Å²) in [5.41, 5.74) is 0.912. The highest BCUT2D eigenvalue weighted by Crippen LogP contribution is 2.33. The minimum atomic E-state index is 0.135. The molecule has 0 fully saturated rings. The molecule has 0 radical (unpaired) electrons. The Labute approximate surface area is 86.0 Å². The molecule has 0 saturated heterocycles. The summed E-state index contributed by atoms with van der Waals surface area (Å²) in [6.07, 6.45) is 0. The van der Waals surface area contributed by atoms with Crippen molar-refractivity contribution < 1.29 is 9.84 Å². The summed E-state index contributed by atoms with van der Waals surface area (Å²) < 4.78 is 6.08. The lowest BCUT2D eigenvalue weighted by Crippen LogP contribution is -1.98. The zero-order chi connectivity index (χ0) is 9.84. The van der Waals surface area contributed by atoms with Crippen LogP contribution in [-0.2, 0) is 0 Å². The number of hydrogen-bond donors (Lipinski definition) is 1. The lowest BCUT2D eigenvalue weighted by atomic mass is 10.3. The Morgan fingerprint density at radius 3 is 2.85 bits per heavy atom. The van der Waals surface area contributed by atoms with Crippen molar-refractivity contribution >= 4 is 15.9 Å². The van der Waals surface area contributed by atoms with Crippen LogP contribution in [-0.4, -0.2) is 11.7 Å². The van der Waals surface area contributed by atoms with Gasteiger partial charge in [-0.1, -0.05) is 12.6 Å². The van der Waals surface area contributed by atoms with Gasteiger partial charge < -0.3 is 9.84 Å². The fourth-order valence-corrected chi connectivity index (χ4v) is 1.31. The molecule has 0 aliphatic heterocycles. The molecule has 13 heavy (non-hydrogen) atoms.